The van der Waals surface area contributed by atoms with Crippen LogP contribution in [-0.4, -0.2) is 59.4 Å². The van der Waals surface area contributed by atoms with E-state index in [4.69, 9.17) is 14.6 Å². The average Bonchev–Trinajstić information content (AvgIpc) is 2.72. The molecule has 0 aromatic heterocycles. The maximum atomic E-state index is 11.2. The van der Waals surface area contributed by atoms with Crippen molar-refractivity contribution in [2.75, 3.05) is 26.2 Å². The molecule has 1 fully saturated rings. The van der Waals surface area contributed by atoms with Gasteiger partial charge in [0.2, 0.25) is 0 Å². The molecule has 1 aliphatic rings. The number of nitrogens with zero attached hydrogens (tertiary/aromatic N) is 1. The van der Waals surface area contributed by atoms with Crippen molar-refractivity contribution < 1.29 is 29.3 Å². The normalized spacial score (nSPS) is 17.5. The van der Waals surface area contributed by atoms with E-state index in [2.05, 4.69) is 18.7 Å². The van der Waals surface area contributed by atoms with Crippen LogP contribution in [0.25, 0.3) is 0 Å². The molecule has 0 spiro atoms. The van der Waals surface area contributed by atoms with E-state index in [9.17, 15) is 14.7 Å². The number of hydrogen-bond acceptors (Lipinski definition) is 6. The second kappa shape index (κ2) is 11.9. The van der Waals surface area contributed by atoms with Crippen molar-refractivity contribution in [2.24, 2.45) is 0 Å². The van der Waals surface area contributed by atoms with Crippen LogP contribution in [0.2, 0.25) is 0 Å². The Bertz CT molecular complexity index is 669. The molecule has 1 aromatic carbocycles. The molecule has 0 bridgehead atoms. The Kier molecular flexibility index (Phi) is 9.59. The molecule has 0 saturated carbocycles. The molecule has 0 radical (unpaired) electrons. The number of carboxylic acids is 1. The Balaban J connectivity index is 1.75. The van der Waals surface area contributed by atoms with Crippen LogP contribution in [0.1, 0.15) is 64.4 Å². The van der Waals surface area contributed by atoms with E-state index < -0.39 is 17.5 Å². The third-order valence-electron chi connectivity index (χ3n) is 5.52. The van der Waals surface area contributed by atoms with Crippen molar-refractivity contribution in [2.45, 2.75) is 70.5 Å². The predicted octanol–water partition coefficient (Wildman–Crippen LogP) is 3.34. The summed E-state index contributed by atoms with van der Waals surface area (Å²) in [6.07, 6.45) is 5.39. The monoisotopic (exact) mass is 421 g/mol. The summed E-state index contributed by atoms with van der Waals surface area (Å²) >= 11 is 0. The predicted molar refractivity (Wildman–Crippen MR) is 113 cm³/mol. The number of carboxylic acid groups (broad SMARTS) is 1. The lowest BCUT2D eigenvalue weighted by molar-refractivity contribution is -0.169. The molecule has 7 nitrogen and oxygen atoms in total. The van der Waals surface area contributed by atoms with E-state index in [0.717, 1.165) is 62.9 Å². The summed E-state index contributed by atoms with van der Waals surface area (Å²) in [7, 11) is 0. The molecule has 2 rings (SSSR count). The lowest BCUT2D eigenvalue weighted by Crippen LogP contribution is -2.42. The quantitative estimate of drug-likeness (QED) is 0.321. The van der Waals surface area contributed by atoms with Crippen LogP contribution in [0.4, 0.5) is 0 Å². The minimum Gasteiger partial charge on any atom is -0.494 e. The zero-order valence-corrected chi connectivity index (χ0v) is 18.1. The van der Waals surface area contributed by atoms with Gasteiger partial charge in [-0.1, -0.05) is 38.8 Å². The third kappa shape index (κ3) is 7.29. The summed E-state index contributed by atoms with van der Waals surface area (Å²) in [6.45, 7) is 6.98. The molecule has 1 aromatic rings. The summed E-state index contributed by atoms with van der Waals surface area (Å²) < 4.78 is 10.8. The minimum atomic E-state index is -1.55. The highest BCUT2D eigenvalue weighted by Gasteiger charge is 2.27. The number of aliphatic carboxylic acids is 1. The van der Waals surface area contributed by atoms with Crippen molar-refractivity contribution in [3.8, 4) is 5.75 Å². The average molecular weight is 422 g/mol. The number of esters is 1. The number of benzene rings is 1. The number of carbonyl (C=O) groups excluding carboxylic acids is 1. The lowest BCUT2D eigenvalue weighted by Gasteiger charge is -2.31. The van der Waals surface area contributed by atoms with Crippen LogP contribution in [0.5, 0.6) is 5.75 Å². The summed E-state index contributed by atoms with van der Waals surface area (Å²) in [4.78, 5) is 24.0. The summed E-state index contributed by atoms with van der Waals surface area (Å²) in [5, 5.41) is 19.6. The first-order valence-electron chi connectivity index (χ1n) is 11.0. The number of carbonyl (C=O) groups is 2. The standard InChI is InChI=1S/C23H35NO6/c1-3-12-23(28,13-4-2)18-8-10-19(11-9-18)29-16-6-15-24-14-5-7-20(17-24)30-22(27)21(25)26/h8-11,20,28H,3-7,12-17H2,1-2H3,(H,25,26). The number of likely N-dealkylation sites (tertiary alicyclic amines) is 1. The number of rotatable bonds is 11. The maximum Gasteiger partial charge on any atom is 0.417 e. The van der Waals surface area contributed by atoms with Crippen LogP contribution in [0.15, 0.2) is 24.3 Å². The van der Waals surface area contributed by atoms with E-state index in [1.165, 1.54) is 0 Å². The molecule has 7 heteroatoms. The van der Waals surface area contributed by atoms with Gasteiger partial charge in [-0.15, -0.1) is 0 Å². The Labute approximate surface area is 179 Å². The SMILES string of the molecule is CCCC(O)(CCC)c1ccc(OCCCN2CCCC(OC(=O)C(=O)O)C2)cc1. The van der Waals surface area contributed by atoms with Crippen LogP contribution in [-0.2, 0) is 19.9 Å². The van der Waals surface area contributed by atoms with Crippen molar-refractivity contribution in [1.82, 2.24) is 4.90 Å². The molecule has 168 valence electrons. The molecule has 1 unspecified atom stereocenters. The highest BCUT2D eigenvalue weighted by molar-refractivity contribution is 6.28. The van der Waals surface area contributed by atoms with Gasteiger partial charge >= 0.3 is 11.9 Å². The largest absolute Gasteiger partial charge is 0.494 e. The number of ether oxygens (including phenoxy) is 2. The van der Waals surface area contributed by atoms with Gasteiger partial charge in [0.15, 0.2) is 0 Å². The second-order valence-electron chi connectivity index (χ2n) is 8.03. The van der Waals surface area contributed by atoms with Crippen molar-refractivity contribution >= 4 is 11.9 Å². The highest BCUT2D eigenvalue weighted by atomic mass is 16.6. The first kappa shape index (κ1) is 24.2. The molecule has 1 aliphatic heterocycles. The van der Waals surface area contributed by atoms with Crippen molar-refractivity contribution in [3.63, 3.8) is 0 Å². The first-order valence-corrected chi connectivity index (χ1v) is 11.0. The van der Waals surface area contributed by atoms with Gasteiger partial charge in [-0.05, 0) is 56.3 Å². The molecule has 1 saturated heterocycles. The van der Waals surface area contributed by atoms with Gasteiger partial charge in [0, 0.05) is 13.1 Å². The number of hydrogen-bond donors (Lipinski definition) is 2. The molecule has 1 atom stereocenters. The molecular weight excluding hydrogens is 386 g/mol. The minimum absolute atomic E-state index is 0.360. The van der Waals surface area contributed by atoms with Gasteiger partial charge in [-0.3, -0.25) is 4.90 Å². The van der Waals surface area contributed by atoms with Gasteiger partial charge in [0.05, 0.1) is 12.2 Å². The van der Waals surface area contributed by atoms with Crippen molar-refractivity contribution in [3.05, 3.63) is 29.8 Å². The highest BCUT2D eigenvalue weighted by Crippen LogP contribution is 2.32. The van der Waals surface area contributed by atoms with E-state index >= 15 is 0 Å². The van der Waals surface area contributed by atoms with E-state index in [0.29, 0.717) is 19.6 Å². The smallest absolute Gasteiger partial charge is 0.417 e. The van der Waals surface area contributed by atoms with Gasteiger partial charge < -0.3 is 19.7 Å². The van der Waals surface area contributed by atoms with Crippen LogP contribution in [0.3, 0.4) is 0 Å². The topological polar surface area (TPSA) is 96.3 Å². The fourth-order valence-corrected chi connectivity index (χ4v) is 4.09. The molecule has 0 amide bonds. The van der Waals surface area contributed by atoms with Crippen LogP contribution in [0, 0.1) is 0 Å². The fourth-order valence-electron chi connectivity index (χ4n) is 4.09. The molecule has 30 heavy (non-hydrogen) atoms. The summed E-state index contributed by atoms with van der Waals surface area (Å²) in [5.74, 6) is -1.95. The van der Waals surface area contributed by atoms with E-state index in [-0.39, 0.29) is 6.10 Å². The number of piperidine rings is 1. The Morgan fingerprint density at radius 1 is 1.17 bits per heavy atom. The van der Waals surface area contributed by atoms with Crippen molar-refractivity contribution in [1.29, 1.82) is 0 Å². The first-order chi connectivity index (χ1) is 14.4. The molecule has 0 aliphatic carbocycles. The summed E-state index contributed by atoms with van der Waals surface area (Å²) in [6, 6.07) is 7.72. The van der Waals surface area contributed by atoms with E-state index in [1.54, 1.807) is 0 Å². The fraction of sp³-hybridized carbons (Fsp3) is 0.652. The molecule has 1 heterocycles. The molecular formula is C23H35NO6. The second-order valence-corrected chi connectivity index (χ2v) is 8.03. The lowest BCUT2D eigenvalue weighted by atomic mass is 9.85. The van der Waals surface area contributed by atoms with Gasteiger partial charge in [-0.25, -0.2) is 9.59 Å². The Hall–Kier alpha value is -2.12. The zero-order valence-electron chi connectivity index (χ0n) is 18.1. The van der Waals surface area contributed by atoms with Gasteiger partial charge in [-0.2, -0.15) is 0 Å². The molecule has 2 N–H and O–H groups in total. The van der Waals surface area contributed by atoms with Gasteiger partial charge in [0.1, 0.15) is 11.9 Å². The van der Waals surface area contributed by atoms with Crippen LogP contribution >= 0.6 is 0 Å². The van der Waals surface area contributed by atoms with Crippen LogP contribution < -0.4 is 4.74 Å². The van der Waals surface area contributed by atoms with Gasteiger partial charge in [0.25, 0.3) is 0 Å². The zero-order chi connectivity index (χ0) is 22.0. The Morgan fingerprint density at radius 2 is 1.83 bits per heavy atom. The summed E-state index contributed by atoms with van der Waals surface area (Å²) in [5.41, 5.74) is 0.172. The Morgan fingerprint density at radius 3 is 2.43 bits per heavy atom. The van der Waals surface area contributed by atoms with E-state index in [1.807, 2.05) is 24.3 Å². The maximum absolute atomic E-state index is 11.2. The third-order valence-corrected chi connectivity index (χ3v) is 5.52. The number of aliphatic hydroxyl groups is 1.